The minimum absolute atomic E-state index is 0.101. The van der Waals surface area contributed by atoms with Gasteiger partial charge in [0.15, 0.2) is 7.98 Å². The van der Waals surface area contributed by atoms with E-state index >= 15 is 0 Å². The van der Waals surface area contributed by atoms with Crippen molar-refractivity contribution in [3.63, 3.8) is 0 Å². The van der Waals surface area contributed by atoms with Crippen molar-refractivity contribution >= 4 is 40.4 Å². The average Bonchev–Trinajstić information content (AvgIpc) is 2.76. The van der Waals surface area contributed by atoms with Gasteiger partial charge in [0.2, 0.25) is 10.0 Å². The van der Waals surface area contributed by atoms with E-state index in [9.17, 15) is 13.2 Å². The first kappa shape index (κ1) is 22.5. The maximum atomic E-state index is 13.3. The van der Waals surface area contributed by atoms with Crippen molar-refractivity contribution in [2.75, 3.05) is 18.4 Å². The van der Waals surface area contributed by atoms with E-state index in [1.165, 1.54) is 0 Å². The predicted molar refractivity (Wildman–Crippen MR) is 131 cm³/mol. The Balaban J connectivity index is 1.66. The lowest BCUT2D eigenvalue weighted by molar-refractivity contribution is 0.102. The lowest BCUT2D eigenvalue weighted by atomic mass is 9.93. The number of piperidine rings is 1. The molecule has 0 aromatic heterocycles. The van der Waals surface area contributed by atoms with Crippen LogP contribution >= 0.6 is 0 Å². The molecular weight excluding hydrogens is 421 g/mol. The molecular formula is C24H28BN3O3S. The predicted octanol–water partition coefficient (Wildman–Crippen LogP) is 2.94. The molecule has 8 heteroatoms. The first-order valence-corrected chi connectivity index (χ1v) is 12.3. The molecule has 2 atom stereocenters. The van der Waals surface area contributed by atoms with Gasteiger partial charge in [0.25, 0.3) is 5.91 Å². The van der Waals surface area contributed by atoms with E-state index in [1.807, 2.05) is 43.3 Å². The molecule has 1 heterocycles. The van der Waals surface area contributed by atoms with E-state index in [-0.39, 0.29) is 22.8 Å². The Bertz CT molecular complexity index is 1260. The van der Waals surface area contributed by atoms with Gasteiger partial charge in [-0.1, -0.05) is 49.4 Å². The third-order valence-electron chi connectivity index (χ3n) is 6.23. The monoisotopic (exact) mass is 449 g/mol. The number of anilines is 1. The summed E-state index contributed by atoms with van der Waals surface area (Å²) in [4.78, 5) is 15.3. The van der Waals surface area contributed by atoms with Crippen molar-refractivity contribution in [3.8, 4) is 0 Å². The number of carbonyl (C=O) groups excluding carboxylic acids is 1. The molecule has 0 aliphatic carbocycles. The van der Waals surface area contributed by atoms with Crippen LogP contribution in [0.2, 0.25) is 0 Å². The van der Waals surface area contributed by atoms with Crippen LogP contribution in [0, 0.1) is 12.8 Å². The van der Waals surface area contributed by atoms with E-state index in [0.29, 0.717) is 22.0 Å². The van der Waals surface area contributed by atoms with E-state index in [0.717, 1.165) is 25.1 Å². The van der Waals surface area contributed by atoms with Crippen LogP contribution in [0.25, 0.3) is 10.8 Å². The number of aryl methyl sites for hydroxylation is 1. The van der Waals surface area contributed by atoms with Gasteiger partial charge in [0.05, 0.1) is 4.90 Å². The lowest BCUT2D eigenvalue weighted by Crippen LogP contribution is -2.49. The molecule has 4 rings (SSSR count). The Morgan fingerprint density at radius 2 is 1.72 bits per heavy atom. The smallest absolute Gasteiger partial charge is 0.255 e. The van der Waals surface area contributed by atoms with E-state index in [2.05, 4.69) is 29.8 Å². The minimum atomic E-state index is -3.72. The van der Waals surface area contributed by atoms with Crippen LogP contribution in [0.5, 0.6) is 0 Å². The summed E-state index contributed by atoms with van der Waals surface area (Å²) < 4.78 is 29.6. The highest BCUT2D eigenvalue weighted by atomic mass is 32.2. The highest BCUT2D eigenvalue weighted by Crippen LogP contribution is 2.31. The molecule has 0 saturated carbocycles. The lowest BCUT2D eigenvalue weighted by Gasteiger charge is -2.35. The number of amides is 1. The van der Waals surface area contributed by atoms with Crippen molar-refractivity contribution in [1.29, 1.82) is 0 Å². The second-order valence-electron chi connectivity index (χ2n) is 8.68. The molecule has 1 fully saturated rings. The first-order chi connectivity index (χ1) is 15.3. The van der Waals surface area contributed by atoms with Crippen LogP contribution in [0.3, 0.4) is 0 Å². The normalized spacial score (nSPS) is 19.7. The van der Waals surface area contributed by atoms with Crippen LogP contribution in [0.1, 0.15) is 29.3 Å². The van der Waals surface area contributed by atoms with Gasteiger partial charge in [-0.3, -0.25) is 4.79 Å². The number of sulfonamides is 1. The van der Waals surface area contributed by atoms with Gasteiger partial charge in [0.1, 0.15) is 0 Å². The molecule has 1 amide bonds. The average molecular weight is 449 g/mol. The molecule has 0 radical (unpaired) electrons. The maximum absolute atomic E-state index is 13.3. The molecule has 166 valence electrons. The Kier molecular flexibility index (Phi) is 6.37. The molecule has 1 aliphatic rings. The van der Waals surface area contributed by atoms with E-state index in [4.69, 9.17) is 0 Å². The van der Waals surface area contributed by atoms with Gasteiger partial charge in [-0.2, -0.15) is 0 Å². The van der Waals surface area contributed by atoms with Crippen molar-refractivity contribution in [2.45, 2.75) is 31.2 Å². The molecule has 1 aliphatic heterocycles. The molecule has 1 saturated heterocycles. The summed E-state index contributed by atoms with van der Waals surface area (Å²) in [5, 5.41) is 4.23. The second-order valence-corrected chi connectivity index (χ2v) is 10.4. The molecule has 32 heavy (non-hydrogen) atoms. The van der Waals surface area contributed by atoms with Crippen LogP contribution < -0.4 is 10.0 Å². The zero-order valence-electron chi connectivity index (χ0n) is 18.6. The highest BCUT2D eigenvalue weighted by Gasteiger charge is 2.29. The van der Waals surface area contributed by atoms with Gasteiger partial charge >= 0.3 is 0 Å². The van der Waals surface area contributed by atoms with Crippen LogP contribution in [0.4, 0.5) is 5.69 Å². The number of hydrogen-bond donors (Lipinski definition) is 2. The third-order valence-corrected chi connectivity index (χ3v) is 7.77. The number of nitrogens with one attached hydrogen (secondary N) is 2. The number of rotatable bonds is 5. The van der Waals surface area contributed by atoms with Gasteiger partial charge in [-0.05, 0) is 56.1 Å². The fourth-order valence-electron chi connectivity index (χ4n) is 4.42. The number of carbonyl (C=O) groups is 1. The SMILES string of the molecule is BN1CC[C@H](NS(=O)(=O)c2ccc(NC(=O)c3ccccc3C)c3ccccc23)[C@@H](C)C1. The fourth-order valence-corrected chi connectivity index (χ4v) is 6.01. The summed E-state index contributed by atoms with van der Waals surface area (Å²) in [5.41, 5.74) is 2.05. The molecule has 3 aromatic rings. The summed E-state index contributed by atoms with van der Waals surface area (Å²) in [6.07, 6.45) is 0.777. The third kappa shape index (κ3) is 4.58. The molecule has 3 aromatic carbocycles. The number of fused-ring (bicyclic) bond motifs is 1. The van der Waals surface area contributed by atoms with Gasteiger partial charge in [-0.25, -0.2) is 13.1 Å². The van der Waals surface area contributed by atoms with Crippen LogP contribution in [-0.4, -0.2) is 46.2 Å². The minimum Gasteiger partial charge on any atom is -0.348 e. The summed E-state index contributed by atoms with van der Waals surface area (Å²) >= 11 is 0. The summed E-state index contributed by atoms with van der Waals surface area (Å²) in [6, 6.07) is 17.8. The van der Waals surface area contributed by atoms with Gasteiger partial charge < -0.3 is 10.1 Å². The Hall–Kier alpha value is -2.68. The number of nitrogens with zero attached hydrogens (tertiary/aromatic N) is 1. The van der Waals surface area contributed by atoms with Crippen LogP contribution in [-0.2, 0) is 10.0 Å². The van der Waals surface area contributed by atoms with Crippen molar-refractivity contribution < 1.29 is 13.2 Å². The maximum Gasteiger partial charge on any atom is 0.255 e. The molecule has 2 N–H and O–H groups in total. The largest absolute Gasteiger partial charge is 0.348 e. The standard InChI is InChI=1S/C24H28BN3O3S/c1-16-7-3-4-8-18(16)24(29)26-22-11-12-23(20-10-6-5-9-19(20)22)32(30,31)27-21-13-14-28(25)15-17(21)2/h3-12,17,21,27H,13-15,25H2,1-2H3,(H,26,29)/t17-,21-/m0/s1. The fraction of sp³-hybridized carbons (Fsp3) is 0.292. The summed E-state index contributed by atoms with van der Waals surface area (Å²) in [7, 11) is -1.67. The topological polar surface area (TPSA) is 78.5 Å². The Morgan fingerprint density at radius 3 is 2.44 bits per heavy atom. The summed E-state index contributed by atoms with van der Waals surface area (Å²) in [5.74, 6) is 0.00426. The van der Waals surface area contributed by atoms with Gasteiger partial charge in [0, 0.05) is 28.1 Å². The molecule has 0 bridgehead atoms. The molecule has 0 spiro atoms. The van der Waals surface area contributed by atoms with Gasteiger partial charge in [-0.15, -0.1) is 0 Å². The highest BCUT2D eigenvalue weighted by molar-refractivity contribution is 7.89. The zero-order valence-corrected chi connectivity index (χ0v) is 19.4. The molecule has 6 nitrogen and oxygen atoms in total. The van der Waals surface area contributed by atoms with Crippen molar-refractivity contribution in [2.24, 2.45) is 5.92 Å². The quantitative estimate of drug-likeness (QED) is 0.588. The number of benzene rings is 3. The second kappa shape index (κ2) is 9.06. The van der Waals surface area contributed by atoms with Crippen molar-refractivity contribution in [1.82, 2.24) is 9.53 Å². The zero-order chi connectivity index (χ0) is 22.9. The van der Waals surface area contributed by atoms with E-state index < -0.39 is 10.0 Å². The van der Waals surface area contributed by atoms with E-state index in [1.54, 1.807) is 24.3 Å². The van der Waals surface area contributed by atoms with Crippen LogP contribution in [0.15, 0.2) is 65.6 Å². The van der Waals surface area contributed by atoms with Crippen molar-refractivity contribution in [3.05, 3.63) is 71.8 Å². The Morgan fingerprint density at radius 1 is 1.03 bits per heavy atom. The summed E-state index contributed by atoms with van der Waals surface area (Å²) in [6.45, 7) is 5.68. The first-order valence-electron chi connectivity index (χ1n) is 10.9. The Labute approximate surface area is 190 Å². The molecule has 0 unspecified atom stereocenters. The number of hydrogen-bond acceptors (Lipinski definition) is 4.